The number of primary amides is 1. The van der Waals surface area contributed by atoms with Gasteiger partial charge in [-0.2, -0.15) is 0 Å². The highest BCUT2D eigenvalue weighted by Crippen LogP contribution is 2.35. The summed E-state index contributed by atoms with van der Waals surface area (Å²) in [6.45, 7) is 3.24. The van der Waals surface area contributed by atoms with E-state index in [9.17, 15) is 14.4 Å². The summed E-state index contributed by atoms with van der Waals surface area (Å²) in [5.41, 5.74) is 10.7. The molecule has 0 spiro atoms. The van der Waals surface area contributed by atoms with Crippen molar-refractivity contribution in [3.63, 3.8) is 0 Å². The van der Waals surface area contributed by atoms with Gasteiger partial charge in [0.2, 0.25) is 5.91 Å². The molecule has 6 nitrogen and oxygen atoms in total. The van der Waals surface area contributed by atoms with E-state index in [1.54, 1.807) is 12.1 Å². The van der Waals surface area contributed by atoms with Gasteiger partial charge in [-0.15, -0.1) is 0 Å². The van der Waals surface area contributed by atoms with Crippen LogP contribution >= 0.6 is 0 Å². The van der Waals surface area contributed by atoms with Crippen LogP contribution in [0.2, 0.25) is 0 Å². The molecule has 0 aliphatic carbocycles. The second kappa shape index (κ2) is 8.30. The number of amides is 3. The summed E-state index contributed by atoms with van der Waals surface area (Å²) in [4.78, 5) is 41.7. The second-order valence-electron chi connectivity index (χ2n) is 8.67. The number of hydrogen-bond acceptors (Lipinski definition) is 4. The average Bonchev–Trinajstić information content (AvgIpc) is 3.38. The Labute approximate surface area is 192 Å². The van der Waals surface area contributed by atoms with Crippen molar-refractivity contribution < 1.29 is 14.4 Å². The van der Waals surface area contributed by atoms with E-state index in [0.29, 0.717) is 23.4 Å². The third kappa shape index (κ3) is 3.62. The van der Waals surface area contributed by atoms with Crippen molar-refractivity contribution in [2.75, 3.05) is 11.4 Å². The zero-order valence-electron chi connectivity index (χ0n) is 18.5. The van der Waals surface area contributed by atoms with Gasteiger partial charge in [-0.25, -0.2) is 4.90 Å². The van der Waals surface area contributed by atoms with Crippen molar-refractivity contribution in [3.05, 3.63) is 89.0 Å². The van der Waals surface area contributed by atoms with E-state index in [4.69, 9.17) is 5.73 Å². The summed E-state index contributed by atoms with van der Waals surface area (Å²) in [6, 6.07) is 20.7. The quantitative estimate of drug-likeness (QED) is 0.611. The molecule has 2 N–H and O–H groups in total. The average molecular weight is 440 g/mol. The van der Waals surface area contributed by atoms with E-state index in [1.165, 1.54) is 4.90 Å². The first-order chi connectivity index (χ1) is 16.0. The molecule has 0 saturated carbocycles. The van der Waals surface area contributed by atoms with Gasteiger partial charge in [0.15, 0.2) is 0 Å². The number of nitrogens with zero attached hydrogens (tertiary/aromatic N) is 2. The summed E-state index contributed by atoms with van der Waals surface area (Å²) in [6.07, 6.45) is 1.67. The van der Waals surface area contributed by atoms with Crippen LogP contribution < -0.4 is 10.6 Å². The van der Waals surface area contributed by atoms with E-state index in [0.717, 1.165) is 41.6 Å². The highest BCUT2D eigenvalue weighted by molar-refractivity contribution is 6.34. The number of hydrogen-bond donors (Lipinski definition) is 1. The molecule has 166 valence electrons. The molecule has 6 heteroatoms. The predicted octanol–water partition coefficient (Wildman–Crippen LogP) is 3.91. The lowest BCUT2D eigenvalue weighted by Crippen LogP contribution is -2.39. The van der Waals surface area contributed by atoms with Gasteiger partial charge in [0.25, 0.3) is 11.8 Å². The van der Waals surface area contributed by atoms with Crippen molar-refractivity contribution in [1.82, 2.24) is 4.90 Å². The summed E-state index contributed by atoms with van der Waals surface area (Å²) in [5, 5.41) is 0. The maximum absolute atomic E-state index is 13.4. The van der Waals surface area contributed by atoms with Crippen LogP contribution in [0.4, 0.5) is 5.69 Å². The third-order valence-electron chi connectivity index (χ3n) is 6.66. The van der Waals surface area contributed by atoms with Gasteiger partial charge >= 0.3 is 0 Å². The number of carbonyl (C=O) groups is 3. The molecule has 0 bridgehead atoms. The molecule has 1 saturated heterocycles. The molecule has 1 atom stereocenters. The van der Waals surface area contributed by atoms with Crippen LogP contribution in [-0.2, 0) is 11.3 Å². The first-order valence-corrected chi connectivity index (χ1v) is 11.2. The van der Waals surface area contributed by atoms with E-state index in [2.05, 4.69) is 0 Å². The monoisotopic (exact) mass is 439 g/mol. The zero-order valence-corrected chi connectivity index (χ0v) is 18.5. The van der Waals surface area contributed by atoms with Crippen molar-refractivity contribution >= 4 is 23.4 Å². The Hall–Kier alpha value is -3.77. The Kier molecular flexibility index (Phi) is 5.30. The molecule has 2 heterocycles. The minimum Gasteiger partial charge on any atom is -0.368 e. The molecule has 3 aromatic carbocycles. The van der Waals surface area contributed by atoms with Crippen LogP contribution in [0.25, 0.3) is 11.1 Å². The number of fused-ring (bicyclic) bond motifs is 1. The minimum atomic E-state index is -0.321. The van der Waals surface area contributed by atoms with Gasteiger partial charge in [0, 0.05) is 6.54 Å². The SMILES string of the molecule is Cc1c(-c2ccccc2)cccc1N1C(=O)c2ccc(CN3CCC[C@H]3C(N)=O)cc2C1=O. The number of benzene rings is 3. The molecule has 3 amide bonds. The highest BCUT2D eigenvalue weighted by Gasteiger charge is 2.38. The van der Waals surface area contributed by atoms with Gasteiger partial charge in [-0.05, 0) is 66.8 Å². The maximum atomic E-state index is 13.4. The number of likely N-dealkylation sites (tertiary alicyclic amines) is 1. The Morgan fingerprint density at radius 2 is 1.70 bits per heavy atom. The van der Waals surface area contributed by atoms with Gasteiger partial charge in [0.05, 0.1) is 22.9 Å². The summed E-state index contributed by atoms with van der Waals surface area (Å²) in [7, 11) is 0. The summed E-state index contributed by atoms with van der Waals surface area (Å²) < 4.78 is 0. The van der Waals surface area contributed by atoms with Crippen molar-refractivity contribution in [3.8, 4) is 11.1 Å². The fraction of sp³-hybridized carbons (Fsp3) is 0.222. The molecule has 33 heavy (non-hydrogen) atoms. The maximum Gasteiger partial charge on any atom is 0.266 e. The van der Waals surface area contributed by atoms with Crippen LogP contribution in [0, 0.1) is 6.92 Å². The van der Waals surface area contributed by atoms with Gasteiger partial charge in [-0.3, -0.25) is 19.3 Å². The fourth-order valence-electron chi connectivity index (χ4n) is 4.97. The molecule has 0 aromatic heterocycles. The van der Waals surface area contributed by atoms with E-state index < -0.39 is 0 Å². The highest BCUT2D eigenvalue weighted by atomic mass is 16.2. The van der Waals surface area contributed by atoms with Crippen molar-refractivity contribution in [2.45, 2.75) is 32.4 Å². The number of anilines is 1. The molecule has 0 unspecified atom stereocenters. The number of nitrogens with two attached hydrogens (primary N) is 1. The standard InChI is InChI=1S/C27H25N3O3/c1-17-20(19-7-3-2-4-8-19)9-5-10-23(17)30-26(32)21-13-12-18(15-22(21)27(30)33)16-29-14-6-11-24(29)25(28)31/h2-5,7-10,12-13,15,24H,6,11,14,16H2,1H3,(H2,28,31)/t24-/m0/s1. The molecular formula is C27H25N3O3. The largest absolute Gasteiger partial charge is 0.368 e. The Bertz CT molecular complexity index is 1270. The fourth-order valence-corrected chi connectivity index (χ4v) is 4.97. The molecule has 0 radical (unpaired) electrons. The number of imide groups is 1. The molecule has 2 aliphatic rings. The van der Waals surface area contributed by atoms with Gasteiger partial charge in [-0.1, -0.05) is 48.5 Å². The zero-order chi connectivity index (χ0) is 23.1. The smallest absolute Gasteiger partial charge is 0.266 e. The van der Waals surface area contributed by atoms with Crippen LogP contribution in [-0.4, -0.2) is 35.2 Å². The molecule has 5 rings (SSSR count). The van der Waals surface area contributed by atoms with Crippen LogP contribution in [0.15, 0.2) is 66.7 Å². The topological polar surface area (TPSA) is 83.7 Å². The Morgan fingerprint density at radius 1 is 0.939 bits per heavy atom. The Morgan fingerprint density at radius 3 is 2.45 bits per heavy atom. The van der Waals surface area contributed by atoms with E-state index in [1.807, 2.05) is 66.4 Å². The molecular weight excluding hydrogens is 414 g/mol. The van der Waals surface area contributed by atoms with Crippen LogP contribution in [0.1, 0.15) is 44.7 Å². The number of carbonyl (C=O) groups excluding carboxylic acids is 3. The van der Waals surface area contributed by atoms with Gasteiger partial charge in [0.1, 0.15) is 0 Å². The van der Waals surface area contributed by atoms with E-state index >= 15 is 0 Å². The predicted molar refractivity (Wildman–Crippen MR) is 127 cm³/mol. The lowest BCUT2D eigenvalue weighted by molar-refractivity contribution is -0.122. The Balaban J connectivity index is 1.46. The lowest BCUT2D eigenvalue weighted by atomic mass is 9.99. The van der Waals surface area contributed by atoms with Crippen molar-refractivity contribution in [2.24, 2.45) is 5.73 Å². The summed E-state index contributed by atoms with van der Waals surface area (Å²) >= 11 is 0. The van der Waals surface area contributed by atoms with Crippen LogP contribution in [0.3, 0.4) is 0 Å². The van der Waals surface area contributed by atoms with E-state index in [-0.39, 0.29) is 23.8 Å². The second-order valence-corrected chi connectivity index (χ2v) is 8.67. The lowest BCUT2D eigenvalue weighted by Gasteiger charge is -2.21. The molecule has 3 aromatic rings. The third-order valence-corrected chi connectivity index (χ3v) is 6.66. The first-order valence-electron chi connectivity index (χ1n) is 11.2. The number of rotatable bonds is 5. The molecule has 2 aliphatic heterocycles. The van der Waals surface area contributed by atoms with Crippen molar-refractivity contribution in [1.29, 1.82) is 0 Å². The van der Waals surface area contributed by atoms with Gasteiger partial charge < -0.3 is 5.73 Å². The summed E-state index contributed by atoms with van der Waals surface area (Å²) in [5.74, 6) is -0.955. The van der Waals surface area contributed by atoms with Crippen LogP contribution in [0.5, 0.6) is 0 Å². The molecule has 1 fully saturated rings. The first kappa shape index (κ1) is 21.1. The minimum absolute atomic E-state index is 0.282. The normalized spacial score (nSPS) is 18.1.